The van der Waals surface area contributed by atoms with Crippen LogP contribution in [0.1, 0.15) is 58.2 Å². The minimum Gasteiger partial charge on any atom is -0.373 e. The van der Waals surface area contributed by atoms with E-state index in [0.29, 0.717) is 0 Å². The number of hydrogen-bond donors (Lipinski definition) is 1. The maximum atomic E-state index is 6.26. The topological polar surface area (TPSA) is 39.1 Å². The lowest BCUT2D eigenvalue weighted by Gasteiger charge is -2.38. The van der Waals surface area contributed by atoms with E-state index in [9.17, 15) is 0 Å². The Kier molecular flexibility index (Phi) is 5.64. The Labute approximate surface area is 130 Å². The van der Waals surface area contributed by atoms with Crippen LogP contribution in [0.3, 0.4) is 0 Å². The van der Waals surface area contributed by atoms with E-state index in [4.69, 9.17) is 4.74 Å². The molecule has 1 aliphatic rings. The van der Waals surface area contributed by atoms with E-state index >= 15 is 0 Å². The van der Waals surface area contributed by atoms with E-state index in [-0.39, 0.29) is 11.6 Å². The van der Waals surface area contributed by atoms with Crippen LogP contribution >= 0.6 is 15.9 Å². The summed E-state index contributed by atoms with van der Waals surface area (Å²) in [5, 5.41) is 8.13. The third kappa shape index (κ3) is 2.95. The Morgan fingerprint density at radius 3 is 2.65 bits per heavy atom. The molecule has 0 saturated heterocycles. The fourth-order valence-corrected chi connectivity index (χ4v) is 3.95. The van der Waals surface area contributed by atoms with E-state index < -0.39 is 0 Å². The summed E-state index contributed by atoms with van der Waals surface area (Å²) >= 11 is 3.67. The fraction of sp³-hybridized carbons (Fsp3) is 0.800. The Morgan fingerprint density at radius 1 is 1.40 bits per heavy atom. The van der Waals surface area contributed by atoms with Crippen molar-refractivity contribution < 1.29 is 4.74 Å². The summed E-state index contributed by atoms with van der Waals surface area (Å²) in [7, 11) is 0. The van der Waals surface area contributed by atoms with E-state index in [1.807, 2.05) is 6.20 Å². The predicted molar refractivity (Wildman–Crippen MR) is 84.8 cm³/mol. The molecule has 0 aromatic carbocycles. The van der Waals surface area contributed by atoms with Gasteiger partial charge in [0.15, 0.2) is 0 Å². The summed E-state index contributed by atoms with van der Waals surface area (Å²) < 4.78 is 9.42. The second-order valence-electron chi connectivity index (χ2n) is 5.39. The quantitative estimate of drug-likeness (QED) is 0.820. The van der Waals surface area contributed by atoms with Crippen LogP contribution in [-0.2, 0) is 11.3 Å². The average molecular weight is 344 g/mol. The number of likely N-dealkylation sites (N-methyl/N-ethyl adjacent to an activating group) is 1. The van der Waals surface area contributed by atoms with Crippen LogP contribution in [0.5, 0.6) is 0 Å². The Balaban J connectivity index is 2.41. The van der Waals surface area contributed by atoms with Crippen molar-refractivity contribution in [3.63, 3.8) is 0 Å². The minimum atomic E-state index is -0.0831. The largest absolute Gasteiger partial charge is 0.373 e. The Hall–Kier alpha value is -0.390. The normalized spacial score (nSPS) is 19.4. The van der Waals surface area contributed by atoms with Gasteiger partial charge >= 0.3 is 0 Å². The molecule has 1 saturated carbocycles. The first kappa shape index (κ1) is 16.0. The number of aryl methyl sites for hydroxylation is 1. The molecule has 1 aromatic rings. The minimum absolute atomic E-state index is 0.0831. The van der Waals surface area contributed by atoms with Crippen molar-refractivity contribution in [3.05, 3.63) is 16.4 Å². The van der Waals surface area contributed by atoms with Gasteiger partial charge < -0.3 is 10.1 Å². The van der Waals surface area contributed by atoms with Crippen molar-refractivity contribution in [2.75, 3.05) is 13.2 Å². The third-order valence-electron chi connectivity index (χ3n) is 4.22. The van der Waals surface area contributed by atoms with Crippen molar-refractivity contribution in [2.45, 2.75) is 64.6 Å². The highest BCUT2D eigenvalue weighted by Gasteiger charge is 2.44. The van der Waals surface area contributed by atoms with Gasteiger partial charge in [-0.1, -0.05) is 19.8 Å². The molecule has 1 heterocycles. The lowest BCUT2D eigenvalue weighted by atomic mass is 9.89. The zero-order valence-electron chi connectivity index (χ0n) is 12.8. The molecule has 2 rings (SSSR count). The first-order valence-corrected chi connectivity index (χ1v) is 8.56. The first-order valence-electron chi connectivity index (χ1n) is 7.77. The Bertz CT molecular complexity index is 427. The number of ether oxygens (including phenoxy) is 1. The zero-order valence-corrected chi connectivity index (χ0v) is 14.4. The molecule has 1 atom stereocenters. The van der Waals surface area contributed by atoms with Crippen LogP contribution in [-0.4, -0.2) is 28.5 Å². The molecular weight excluding hydrogens is 318 g/mol. The maximum Gasteiger partial charge on any atom is 0.0891 e. The molecule has 1 N–H and O–H groups in total. The number of nitrogens with one attached hydrogen (secondary N) is 1. The van der Waals surface area contributed by atoms with Gasteiger partial charge in [0.25, 0.3) is 0 Å². The fourth-order valence-electron chi connectivity index (χ4n) is 3.42. The number of nitrogens with zero attached hydrogens (tertiary/aromatic N) is 2. The average Bonchev–Trinajstić information content (AvgIpc) is 3.04. The summed E-state index contributed by atoms with van der Waals surface area (Å²) in [4.78, 5) is 0. The molecule has 20 heavy (non-hydrogen) atoms. The van der Waals surface area contributed by atoms with Gasteiger partial charge in [-0.15, -0.1) is 0 Å². The number of rotatable bonds is 7. The molecule has 1 unspecified atom stereocenters. The summed E-state index contributed by atoms with van der Waals surface area (Å²) in [6, 6.07) is 0.201. The molecular formula is C15H26BrN3O. The lowest BCUT2D eigenvalue weighted by molar-refractivity contribution is -0.0643. The van der Waals surface area contributed by atoms with Crippen molar-refractivity contribution >= 4 is 15.9 Å². The monoisotopic (exact) mass is 343 g/mol. The molecule has 114 valence electrons. The SMILES string of the molecule is CCNC(c1c(Br)cnn1CC)C1(OCC)CCCC1. The number of hydrogen-bond acceptors (Lipinski definition) is 3. The zero-order chi connectivity index (χ0) is 14.6. The highest BCUT2D eigenvalue weighted by molar-refractivity contribution is 9.10. The smallest absolute Gasteiger partial charge is 0.0891 e. The molecule has 1 aliphatic carbocycles. The van der Waals surface area contributed by atoms with Gasteiger partial charge in [0.1, 0.15) is 0 Å². The standard InChI is InChI=1S/C15H26BrN3O/c1-4-17-14(13-12(16)11-18-19(13)5-2)15(20-6-3)9-7-8-10-15/h11,14,17H,4-10H2,1-3H3. The summed E-state index contributed by atoms with van der Waals surface area (Å²) in [5.74, 6) is 0. The van der Waals surface area contributed by atoms with E-state index in [1.54, 1.807) is 0 Å². The van der Waals surface area contributed by atoms with E-state index in [1.165, 1.54) is 18.5 Å². The van der Waals surface area contributed by atoms with Crippen molar-refractivity contribution in [1.29, 1.82) is 0 Å². The van der Waals surface area contributed by atoms with Crippen LogP contribution in [0, 0.1) is 0 Å². The van der Waals surface area contributed by atoms with E-state index in [2.05, 4.69) is 51.8 Å². The molecule has 0 bridgehead atoms. The first-order chi connectivity index (χ1) is 9.68. The van der Waals surface area contributed by atoms with Gasteiger partial charge in [-0.2, -0.15) is 5.10 Å². The van der Waals surface area contributed by atoms with Crippen LogP contribution in [0.4, 0.5) is 0 Å². The third-order valence-corrected chi connectivity index (χ3v) is 4.83. The highest BCUT2D eigenvalue weighted by atomic mass is 79.9. The molecule has 4 nitrogen and oxygen atoms in total. The van der Waals surface area contributed by atoms with Crippen LogP contribution in [0.2, 0.25) is 0 Å². The highest BCUT2D eigenvalue weighted by Crippen LogP contribution is 2.44. The number of aromatic nitrogens is 2. The number of halogens is 1. The van der Waals surface area contributed by atoms with Crippen molar-refractivity contribution in [2.24, 2.45) is 0 Å². The summed E-state index contributed by atoms with van der Waals surface area (Å²) in [5.41, 5.74) is 1.14. The van der Waals surface area contributed by atoms with Gasteiger partial charge in [0, 0.05) is 13.2 Å². The maximum absolute atomic E-state index is 6.26. The molecule has 1 fully saturated rings. The van der Waals surface area contributed by atoms with Crippen LogP contribution in [0.25, 0.3) is 0 Å². The summed E-state index contributed by atoms with van der Waals surface area (Å²) in [6.45, 7) is 8.96. The molecule has 0 radical (unpaired) electrons. The second-order valence-corrected chi connectivity index (χ2v) is 6.24. The van der Waals surface area contributed by atoms with Gasteiger partial charge in [0.2, 0.25) is 0 Å². The molecule has 5 heteroatoms. The predicted octanol–water partition coefficient (Wildman–Crippen LogP) is 3.67. The van der Waals surface area contributed by atoms with Crippen LogP contribution in [0.15, 0.2) is 10.7 Å². The van der Waals surface area contributed by atoms with Crippen molar-refractivity contribution in [1.82, 2.24) is 15.1 Å². The molecule has 0 spiro atoms. The van der Waals surface area contributed by atoms with Crippen LogP contribution < -0.4 is 5.32 Å². The molecule has 0 amide bonds. The Morgan fingerprint density at radius 2 is 2.10 bits per heavy atom. The van der Waals surface area contributed by atoms with Gasteiger partial charge in [0.05, 0.1) is 28.0 Å². The van der Waals surface area contributed by atoms with Gasteiger partial charge in [-0.3, -0.25) is 4.68 Å². The second kappa shape index (κ2) is 7.05. The molecule has 1 aromatic heterocycles. The van der Waals surface area contributed by atoms with Crippen molar-refractivity contribution in [3.8, 4) is 0 Å². The van der Waals surface area contributed by atoms with Gasteiger partial charge in [-0.05, 0) is 49.2 Å². The lowest BCUT2D eigenvalue weighted by Crippen LogP contribution is -2.45. The molecule has 0 aliphatic heterocycles. The van der Waals surface area contributed by atoms with E-state index in [0.717, 1.165) is 37.0 Å². The van der Waals surface area contributed by atoms with Gasteiger partial charge in [-0.25, -0.2) is 0 Å². The summed E-state index contributed by atoms with van der Waals surface area (Å²) in [6.07, 6.45) is 6.65.